The fourth-order valence-corrected chi connectivity index (χ4v) is 5.57. The Labute approximate surface area is 261 Å². The maximum Gasteiger partial charge on any atom is 0.324 e. The molecule has 0 radical (unpaired) electrons. The summed E-state index contributed by atoms with van der Waals surface area (Å²) in [5.74, 6) is -1.72. The lowest BCUT2D eigenvalue weighted by Gasteiger charge is -2.38. The molecule has 0 saturated carbocycles. The maximum atomic E-state index is 15.3. The maximum absolute atomic E-state index is 15.3. The van der Waals surface area contributed by atoms with Gasteiger partial charge in [0.2, 0.25) is 6.33 Å². The first-order valence-electron chi connectivity index (χ1n) is 14.4. The van der Waals surface area contributed by atoms with Crippen molar-refractivity contribution < 1.29 is 32.8 Å². The van der Waals surface area contributed by atoms with Crippen molar-refractivity contribution in [2.45, 2.75) is 38.6 Å². The molecule has 0 unspecified atom stereocenters. The summed E-state index contributed by atoms with van der Waals surface area (Å²) in [6.07, 6.45) is 4.65. The molecule has 0 bridgehead atoms. The number of nitrogens with zero attached hydrogens (tertiary/aromatic N) is 9. The SMILES string of the molecule is CC(=O)Oc1ccc(C[n+]2cnn(C[C@](O)(c3ccc(F)cc3F)[C@@H](C)N3CCN(c4ccc(-n5cnnn5)cc4)C3=O)c2)cc1. The Balaban J connectivity index is 1.23. The molecule has 6 rings (SSSR count). The Hall–Kier alpha value is -5.57. The number of aromatic nitrogens is 7. The Morgan fingerprint density at radius 3 is 2.48 bits per heavy atom. The van der Waals surface area contributed by atoms with Gasteiger partial charge < -0.3 is 14.7 Å². The van der Waals surface area contributed by atoms with Crippen LogP contribution in [0.3, 0.4) is 0 Å². The second-order valence-electron chi connectivity index (χ2n) is 11.0. The van der Waals surface area contributed by atoms with Crippen molar-refractivity contribution in [2.75, 3.05) is 18.0 Å². The Kier molecular flexibility index (Phi) is 8.23. The average Bonchev–Trinajstić information content (AvgIpc) is 3.80. The summed E-state index contributed by atoms with van der Waals surface area (Å²) in [6, 6.07) is 15.7. The first-order valence-corrected chi connectivity index (χ1v) is 14.4. The predicted octanol–water partition coefficient (Wildman–Crippen LogP) is 2.62. The number of esters is 1. The molecule has 1 saturated heterocycles. The first kappa shape index (κ1) is 30.5. The number of carbonyl (C=O) groups excluding carboxylic acids is 2. The molecule has 1 fully saturated rings. The Bertz CT molecular complexity index is 1850. The van der Waals surface area contributed by atoms with Crippen molar-refractivity contribution in [1.29, 1.82) is 0 Å². The fourth-order valence-electron chi connectivity index (χ4n) is 5.57. The lowest BCUT2D eigenvalue weighted by molar-refractivity contribution is -0.689. The number of ether oxygens (including phenoxy) is 1. The van der Waals surface area contributed by atoms with Gasteiger partial charge in [-0.05, 0) is 65.4 Å². The third-order valence-corrected chi connectivity index (χ3v) is 7.96. The van der Waals surface area contributed by atoms with Gasteiger partial charge in [-0.3, -0.25) is 9.69 Å². The summed E-state index contributed by atoms with van der Waals surface area (Å²) in [5.41, 5.74) is 0.0661. The number of tetrazole rings is 1. The van der Waals surface area contributed by atoms with Gasteiger partial charge in [-0.2, -0.15) is 0 Å². The molecule has 0 aliphatic carbocycles. The summed E-state index contributed by atoms with van der Waals surface area (Å²) >= 11 is 0. The highest BCUT2D eigenvalue weighted by atomic mass is 19.1. The van der Waals surface area contributed by atoms with E-state index in [9.17, 15) is 19.1 Å². The van der Waals surface area contributed by atoms with Crippen LogP contribution < -0.4 is 14.2 Å². The van der Waals surface area contributed by atoms with Crippen molar-refractivity contribution in [3.8, 4) is 11.4 Å². The van der Waals surface area contributed by atoms with Crippen molar-refractivity contribution in [3.05, 3.63) is 108 Å². The molecule has 2 aromatic heterocycles. The van der Waals surface area contributed by atoms with Crippen LogP contribution in [0.5, 0.6) is 5.75 Å². The largest absolute Gasteiger partial charge is 0.427 e. The molecule has 0 spiro atoms. The zero-order chi connectivity index (χ0) is 32.4. The molecule has 1 aliphatic heterocycles. The highest BCUT2D eigenvalue weighted by Gasteiger charge is 2.47. The van der Waals surface area contributed by atoms with E-state index in [1.54, 1.807) is 77.6 Å². The van der Waals surface area contributed by atoms with E-state index in [2.05, 4.69) is 20.6 Å². The van der Waals surface area contributed by atoms with E-state index in [1.807, 2.05) is 0 Å². The highest BCUT2D eigenvalue weighted by Crippen LogP contribution is 2.35. The van der Waals surface area contributed by atoms with Crippen LogP contribution >= 0.6 is 0 Å². The molecule has 3 heterocycles. The molecule has 46 heavy (non-hydrogen) atoms. The highest BCUT2D eigenvalue weighted by molar-refractivity contribution is 5.94. The molecule has 15 heteroatoms. The minimum atomic E-state index is -2.00. The van der Waals surface area contributed by atoms with Gasteiger partial charge in [-0.15, -0.1) is 9.78 Å². The number of hydrogen-bond acceptors (Lipinski definition) is 8. The van der Waals surface area contributed by atoms with Gasteiger partial charge in [0.25, 0.3) is 6.33 Å². The number of carbonyl (C=O) groups is 2. The van der Waals surface area contributed by atoms with Crippen molar-refractivity contribution in [2.24, 2.45) is 0 Å². The van der Waals surface area contributed by atoms with Gasteiger partial charge in [0.1, 0.15) is 35.9 Å². The van der Waals surface area contributed by atoms with E-state index in [1.165, 1.54) is 33.6 Å². The van der Waals surface area contributed by atoms with Crippen molar-refractivity contribution >= 4 is 17.7 Å². The number of aliphatic hydroxyl groups is 1. The lowest BCUT2D eigenvalue weighted by Crippen LogP contribution is -2.53. The summed E-state index contributed by atoms with van der Waals surface area (Å²) in [6.45, 7) is 3.71. The standard InChI is InChI=1S/C31H30F2N9O4/c1-21(40-13-14-41(30(40)44)25-6-8-26(9-7-25)42-18-34-36-37-42)31(45,28-12-5-24(32)15-29(28)33)17-39-20-38(19-35-39)16-23-3-10-27(11-4-23)46-22(2)43/h3-12,15,18-21,45H,13-14,16-17H2,1-2H3/q+1/t21-,31-/m1/s1. The van der Waals surface area contributed by atoms with Crippen LogP contribution in [0.15, 0.2) is 85.7 Å². The summed E-state index contributed by atoms with van der Waals surface area (Å²) < 4.78 is 39.0. The van der Waals surface area contributed by atoms with Gasteiger partial charge in [-0.1, -0.05) is 18.2 Å². The lowest BCUT2D eigenvalue weighted by atomic mass is 9.85. The van der Waals surface area contributed by atoms with E-state index in [4.69, 9.17) is 4.74 Å². The van der Waals surface area contributed by atoms with Crippen molar-refractivity contribution in [1.82, 2.24) is 34.9 Å². The number of anilines is 1. The van der Waals surface area contributed by atoms with Crippen LogP contribution in [-0.2, 0) is 23.5 Å². The van der Waals surface area contributed by atoms with Gasteiger partial charge in [-0.25, -0.2) is 22.8 Å². The second kappa shape index (κ2) is 12.4. The van der Waals surface area contributed by atoms with E-state index in [-0.39, 0.29) is 24.7 Å². The van der Waals surface area contributed by atoms with Crippen LogP contribution in [0.2, 0.25) is 0 Å². The topological polar surface area (TPSA) is 135 Å². The number of hydrogen-bond donors (Lipinski definition) is 1. The van der Waals surface area contributed by atoms with Crippen LogP contribution in [0.25, 0.3) is 5.69 Å². The summed E-state index contributed by atoms with van der Waals surface area (Å²) in [5, 5.41) is 27.7. The van der Waals surface area contributed by atoms with Crippen LogP contribution in [0, 0.1) is 11.6 Å². The molecule has 5 aromatic rings. The smallest absolute Gasteiger partial charge is 0.324 e. The number of amides is 2. The fraction of sp³-hybridized carbons (Fsp3) is 0.258. The zero-order valence-corrected chi connectivity index (χ0v) is 24.9. The van der Waals surface area contributed by atoms with E-state index in [0.29, 0.717) is 36.3 Å². The minimum Gasteiger partial charge on any atom is -0.427 e. The zero-order valence-electron chi connectivity index (χ0n) is 24.9. The predicted molar refractivity (Wildman–Crippen MR) is 158 cm³/mol. The van der Waals surface area contributed by atoms with Gasteiger partial charge in [0, 0.05) is 42.4 Å². The van der Waals surface area contributed by atoms with Gasteiger partial charge in [0.05, 0.1) is 18.3 Å². The third kappa shape index (κ3) is 6.17. The third-order valence-electron chi connectivity index (χ3n) is 7.96. The first-order chi connectivity index (χ1) is 22.1. The normalized spacial score (nSPS) is 15.2. The molecule has 236 valence electrons. The van der Waals surface area contributed by atoms with Crippen molar-refractivity contribution in [3.63, 3.8) is 0 Å². The van der Waals surface area contributed by atoms with Gasteiger partial charge in [0.15, 0.2) is 0 Å². The molecule has 2 amide bonds. The monoisotopic (exact) mass is 630 g/mol. The van der Waals surface area contributed by atoms with E-state index < -0.39 is 29.2 Å². The van der Waals surface area contributed by atoms with Crippen LogP contribution in [-0.4, -0.2) is 71.1 Å². The number of halogens is 2. The minimum absolute atomic E-state index is 0.165. The number of urea groups is 1. The second-order valence-corrected chi connectivity index (χ2v) is 11.0. The van der Waals surface area contributed by atoms with E-state index in [0.717, 1.165) is 11.6 Å². The quantitative estimate of drug-likeness (QED) is 0.141. The summed E-state index contributed by atoms with van der Waals surface area (Å²) in [7, 11) is 0. The number of rotatable bonds is 10. The molecule has 3 aromatic carbocycles. The molecule has 1 aliphatic rings. The Morgan fingerprint density at radius 1 is 1.07 bits per heavy atom. The summed E-state index contributed by atoms with van der Waals surface area (Å²) in [4.78, 5) is 27.9. The van der Waals surface area contributed by atoms with E-state index >= 15 is 4.39 Å². The Morgan fingerprint density at radius 2 is 1.80 bits per heavy atom. The average molecular weight is 631 g/mol. The molecule has 1 N–H and O–H groups in total. The number of benzene rings is 3. The van der Waals surface area contributed by atoms with Crippen LogP contribution in [0.1, 0.15) is 25.0 Å². The molecule has 2 atom stereocenters. The van der Waals surface area contributed by atoms with Crippen LogP contribution in [0.4, 0.5) is 19.3 Å². The van der Waals surface area contributed by atoms with Gasteiger partial charge >= 0.3 is 12.0 Å². The molecular formula is C31H30F2N9O4+. The molecule has 13 nitrogen and oxygen atoms in total. The molecular weight excluding hydrogens is 600 g/mol.